The zero-order valence-corrected chi connectivity index (χ0v) is 19.8. The SMILES string of the molecule is O=C(NCc1ccc(F)cc1Cl)c1ccc(Br)cc1N(c1cccc2nccnc12)S(=O)[O-]. The van der Waals surface area contributed by atoms with Crippen molar-refractivity contribution in [3.05, 3.63) is 93.4 Å². The number of carbonyl (C=O) groups excluding carboxylic acids is 1. The van der Waals surface area contributed by atoms with Gasteiger partial charge in [0.1, 0.15) is 11.3 Å². The normalized spacial score (nSPS) is 11.9. The van der Waals surface area contributed by atoms with Crippen molar-refractivity contribution in [1.82, 2.24) is 15.3 Å². The molecule has 3 aromatic carbocycles. The molecule has 1 amide bonds. The predicted octanol–water partition coefficient (Wildman–Crippen LogP) is 5.05. The monoisotopic (exact) mass is 547 g/mol. The Morgan fingerprint density at radius 1 is 1.12 bits per heavy atom. The van der Waals surface area contributed by atoms with Crippen LogP contribution in [0.15, 0.2) is 71.5 Å². The van der Waals surface area contributed by atoms with E-state index in [4.69, 9.17) is 11.6 Å². The van der Waals surface area contributed by atoms with Gasteiger partial charge in [0, 0.05) is 28.4 Å². The van der Waals surface area contributed by atoms with Crippen LogP contribution in [-0.4, -0.2) is 24.6 Å². The summed E-state index contributed by atoms with van der Waals surface area (Å²) in [7, 11) is 0. The highest BCUT2D eigenvalue weighted by Crippen LogP contribution is 2.35. The van der Waals surface area contributed by atoms with Crippen molar-refractivity contribution >= 4 is 67.1 Å². The molecule has 0 aliphatic carbocycles. The minimum absolute atomic E-state index is 0.0215. The number of hydrogen-bond donors (Lipinski definition) is 1. The maximum atomic E-state index is 13.3. The number of carbonyl (C=O) groups is 1. The van der Waals surface area contributed by atoms with E-state index in [0.29, 0.717) is 21.1 Å². The number of hydrogen-bond acceptors (Lipinski definition) is 5. The summed E-state index contributed by atoms with van der Waals surface area (Å²) in [6.07, 6.45) is 2.96. The number of aromatic nitrogens is 2. The van der Waals surface area contributed by atoms with Crippen LogP contribution in [0.2, 0.25) is 5.02 Å². The van der Waals surface area contributed by atoms with Gasteiger partial charge in [0.2, 0.25) is 0 Å². The van der Waals surface area contributed by atoms with Crippen LogP contribution in [0.4, 0.5) is 15.8 Å². The second-order valence-corrected chi connectivity index (χ2v) is 8.91. The Labute approximate surface area is 204 Å². The predicted molar refractivity (Wildman–Crippen MR) is 127 cm³/mol. The van der Waals surface area contributed by atoms with Crippen molar-refractivity contribution in [3.8, 4) is 0 Å². The summed E-state index contributed by atoms with van der Waals surface area (Å²) in [6.45, 7) is 0.0215. The van der Waals surface area contributed by atoms with E-state index in [1.54, 1.807) is 24.3 Å². The van der Waals surface area contributed by atoms with Crippen molar-refractivity contribution in [3.63, 3.8) is 0 Å². The number of amides is 1. The first-order valence-electron chi connectivity index (χ1n) is 9.46. The topological polar surface area (TPSA) is 98.2 Å². The van der Waals surface area contributed by atoms with Crippen molar-refractivity contribution in [1.29, 1.82) is 0 Å². The van der Waals surface area contributed by atoms with E-state index in [1.807, 2.05) is 0 Å². The van der Waals surface area contributed by atoms with Gasteiger partial charge in [-0.05, 0) is 48.0 Å². The lowest BCUT2D eigenvalue weighted by Gasteiger charge is -2.29. The average Bonchev–Trinajstić information content (AvgIpc) is 2.78. The van der Waals surface area contributed by atoms with E-state index >= 15 is 0 Å². The number of rotatable bonds is 6. The summed E-state index contributed by atoms with van der Waals surface area (Å²) in [5.41, 5.74) is 1.81. The van der Waals surface area contributed by atoms with Crippen molar-refractivity contribution in [2.75, 3.05) is 4.31 Å². The second-order valence-electron chi connectivity index (χ2n) is 6.79. The quantitative estimate of drug-likeness (QED) is 0.340. The molecule has 4 rings (SSSR count). The van der Waals surface area contributed by atoms with Crippen molar-refractivity contribution in [2.45, 2.75) is 6.54 Å². The molecule has 0 fully saturated rings. The van der Waals surface area contributed by atoms with E-state index in [0.717, 1.165) is 10.4 Å². The highest BCUT2D eigenvalue weighted by Gasteiger charge is 2.22. The van der Waals surface area contributed by atoms with E-state index in [1.165, 1.54) is 36.7 Å². The maximum absolute atomic E-state index is 13.3. The molecule has 11 heteroatoms. The van der Waals surface area contributed by atoms with Crippen LogP contribution in [0.5, 0.6) is 0 Å². The third kappa shape index (κ3) is 5.03. The molecule has 1 N–H and O–H groups in total. The highest BCUT2D eigenvalue weighted by atomic mass is 79.9. The van der Waals surface area contributed by atoms with Crippen LogP contribution in [0, 0.1) is 5.82 Å². The Morgan fingerprint density at radius 2 is 1.91 bits per heavy atom. The number of anilines is 2. The van der Waals surface area contributed by atoms with Gasteiger partial charge >= 0.3 is 0 Å². The Kier molecular flexibility index (Phi) is 6.99. The first kappa shape index (κ1) is 23.2. The number of para-hydroxylation sites is 1. The lowest BCUT2D eigenvalue weighted by molar-refractivity contribution is 0.0951. The fourth-order valence-corrected chi connectivity index (χ4v) is 4.43. The van der Waals surface area contributed by atoms with Gasteiger partial charge in [-0.1, -0.05) is 39.7 Å². The lowest BCUT2D eigenvalue weighted by Crippen LogP contribution is -2.27. The molecule has 33 heavy (non-hydrogen) atoms. The molecule has 1 heterocycles. The second kappa shape index (κ2) is 9.92. The van der Waals surface area contributed by atoms with E-state index in [2.05, 4.69) is 31.2 Å². The fourth-order valence-electron chi connectivity index (χ4n) is 3.23. The van der Waals surface area contributed by atoms with Crippen molar-refractivity contribution < 1.29 is 17.9 Å². The first-order chi connectivity index (χ1) is 15.8. The van der Waals surface area contributed by atoms with Crippen LogP contribution < -0.4 is 9.62 Å². The third-order valence-electron chi connectivity index (χ3n) is 4.72. The molecule has 1 aromatic heterocycles. The molecule has 168 valence electrons. The minimum Gasteiger partial charge on any atom is -0.755 e. The highest BCUT2D eigenvalue weighted by molar-refractivity contribution is 9.10. The number of nitrogens with zero attached hydrogens (tertiary/aromatic N) is 3. The number of fused-ring (bicyclic) bond motifs is 1. The molecule has 0 aliphatic heterocycles. The van der Waals surface area contributed by atoms with Gasteiger partial charge in [-0.2, -0.15) is 0 Å². The number of halogens is 3. The van der Waals surface area contributed by atoms with Crippen LogP contribution in [0.25, 0.3) is 11.0 Å². The summed E-state index contributed by atoms with van der Waals surface area (Å²) in [5.74, 6) is -1.03. The maximum Gasteiger partial charge on any atom is 0.253 e. The number of benzene rings is 3. The Balaban J connectivity index is 1.74. The van der Waals surface area contributed by atoms with Gasteiger partial charge < -0.3 is 9.87 Å². The van der Waals surface area contributed by atoms with Gasteiger partial charge in [-0.3, -0.25) is 23.3 Å². The van der Waals surface area contributed by atoms with Gasteiger partial charge in [-0.25, -0.2) is 4.39 Å². The van der Waals surface area contributed by atoms with Crippen LogP contribution >= 0.6 is 27.5 Å². The van der Waals surface area contributed by atoms with Crippen LogP contribution in [0.3, 0.4) is 0 Å². The molecular weight excluding hydrogens is 535 g/mol. The first-order valence-corrected chi connectivity index (χ1v) is 11.7. The lowest BCUT2D eigenvalue weighted by atomic mass is 10.1. The zero-order chi connectivity index (χ0) is 23.5. The van der Waals surface area contributed by atoms with Gasteiger partial charge in [-0.15, -0.1) is 0 Å². The Hall–Kier alpha value is -2.92. The minimum atomic E-state index is -2.79. The molecular formula is C22H14BrClFN4O3S-. The molecule has 0 aliphatic rings. The average molecular weight is 549 g/mol. The van der Waals surface area contributed by atoms with Gasteiger partial charge in [0.15, 0.2) is 0 Å². The Morgan fingerprint density at radius 3 is 2.67 bits per heavy atom. The standard InChI is InChI=1S/C22H15BrClFN4O3S/c23-14-5-7-16(22(30)28-12-13-4-6-15(25)11-17(13)24)20(10-14)29(33(31)32)19-3-1-2-18-21(19)27-9-8-26-18/h1-11H,12H2,(H,28,30)(H,31,32)/p-1. The van der Waals surface area contributed by atoms with E-state index in [9.17, 15) is 17.9 Å². The largest absolute Gasteiger partial charge is 0.755 e. The molecule has 0 spiro atoms. The molecule has 1 unspecified atom stereocenters. The third-order valence-corrected chi connectivity index (χ3v) is 6.26. The fraction of sp³-hybridized carbons (Fsp3) is 0.0455. The van der Waals surface area contributed by atoms with Gasteiger partial charge in [0.05, 0.1) is 33.7 Å². The van der Waals surface area contributed by atoms with E-state index in [-0.39, 0.29) is 28.5 Å². The molecule has 7 nitrogen and oxygen atoms in total. The zero-order valence-electron chi connectivity index (χ0n) is 16.7. The van der Waals surface area contributed by atoms with E-state index < -0.39 is 23.0 Å². The van der Waals surface area contributed by atoms with Crippen molar-refractivity contribution in [2.24, 2.45) is 0 Å². The molecule has 0 saturated carbocycles. The molecule has 0 bridgehead atoms. The summed E-state index contributed by atoms with van der Waals surface area (Å²) < 4.78 is 39.6. The summed E-state index contributed by atoms with van der Waals surface area (Å²) in [4.78, 5) is 21.5. The molecule has 0 radical (unpaired) electrons. The van der Waals surface area contributed by atoms with Crippen LogP contribution in [-0.2, 0) is 17.8 Å². The summed E-state index contributed by atoms with van der Waals surface area (Å²) in [5, 5.41) is 2.87. The Bertz CT molecular complexity index is 1390. The molecule has 4 aromatic rings. The van der Waals surface area contributed by atoms with Gasteiger partial charge in [0.25, 0.3) is 5.91 Å². The van der Waals surface area contributed by atoms with Crippen LogP contribution in [0.1, 0.15) is 15.9 Å². The summed E-state index contributed by atoms with van der Waals surface area (Å²) in [6, 6.07) is 13.4. The molecule has 0 saturated heterocycles. The number of nitrogens with one attached hydrogen (secondary N) is 1. The summed E-state index contributed by atoms with van der Waals surface area (Å²) >= 11 is 6.58. The smallest absolute Gasteiger partial charge is 0.253 e. The molecule has 1 atom stereocenters.